The number of fused-ring (bicyclic) bond motifs is 1. The molecule has 1 atom stereocenters. The van der Waals surface area contributed by atoms with Gasteiger partial charge >= 0.3 is 0 Å². The monoisotopic (exact) mass is 409 g/mol. The zero-order valence-electron chi connectivity index (χ0n) is 15.8. The van der Waals surface area contributed by atoms with Gasteiger partial charge in [0.25, 0.3) is 0 Å². The second kappa shape index (κ2) is 7.94. The Bertz CT molecular complexity index is 1160. The molecule has 4 aromatic rings. The van der Waals surface area contributed by atoms with E-state index in [-0.39, 0.29) is 0 Å². The van der Waals surface area contributed by atoms with Crippen molar-refractivity contribution < 1.29 is 18.9 Å². The van der Waals surface area contributed by atoms with Gasteiger partial charge in [-0.2, -0.15) is 4.47 Å². The summed E-state index contributed by atoms with van der Waals surface area (Å²) in [6, 6.07) is 19.6. The van der Waals surface area contributed by atoms with Crippen LogP contribution in [0.15, 0.2) is 71.6 Å². The van der Waals surface area contributed by atoms with Crippen LogP contribution < -0.4 is 13.9 Å². The number of nitrogens with zero attached hydrogens (tertiary/aromatic N) is 2. The predicted molar refractivity (Wildman–Crippen MR) is 112 cm³/mol. The second-order valence-corrected chi connectivity index (χ2v) is 7.47. The number of imidazole rings is 1. The van der Waals surface area contributed by atoms with Crippen LogP contribution in [0, 0.1) is 0 Å². The molecule has 1 heterocycles. The number of rotatable bonds is 6. The van der Waals surface area contributed by atoms with Gasteiger partial charge in [-0.05, 0) is 36.4 Å². The van der Waals surface area contributed by atoms with Crippen molar-refractivity contribution in [3.8, 4) is 22.9 Å². The van der Waals surface area contributed by atoms with E-state index in [2.05, 4.69) is 9.97 Å². The van der Waals surface area contributed by atoms with Gasteiger partial charge in [0.05, 0.1) is 35.8 Å². The van der Waals surface area contributed by atoms with Gasteiger partial charge < -0.3 is 14.5 Å². The molecular formula is C21H19N3O4S. The maximum Gasteiger partial charge on any atom is 0.177 e. The first kappa shape index (κ1) is 19.0. The Hall–Kier alpha value is -3.36. The minimum atomic E-state index is -1.89. The molecule has 0 amide bonds. The Morgan fingerprint density at radius 3 is 2.45 bits per heavy atom. The topological polar surface area (TPSA) is 87.7 Å². The molecule has 0 fully saturated rings. The van der Waals surface area contributed by atoms with Gasteiger partial charge in [0.15, 0.2) is 22.5 Å². The van der Waals surface area contributed by atoms with Crippen LogP contribution in [0.2, 0.25) is 0 Å². The smallest absolute Gasteiger partial charge is 0.177 e. The van der Waals surface area contributed by atoms with Gasteiger partial charge in [0.1, 0.15) is 5.82 Å². The number of H-pyrrole nitrogens is 1. The molecule has 8 heteroatoms. The van der Waals surface area contributed by atoms with E-state index >= 15 is 0 Å². The van der Waals surface area contributed by atoms with Crippen LogP contribution in [-0.4, -0.2) is 33.6 Å². The Balaban J connectivity index is 1.72. The summed E-state index contributed by atoms with van der Waals surface area (Å²) in [6.07, 6.45) is 0. The summed E-state index contributed by atoms with van der Waals surface area (Å²) in [5.74, 6) is 1.52. The number of nitrogens with one attached hydrogen (secondary N) is 1. The van der Waals surface area contributed by atoms with Crippen molar-refractivity contribution in [1.29, 1.82) is 0 Å². The van der Waals surface area contributed by atoms with Gasteiger partial charge in [-0.1, -0.05) is 24.3 Å². The van der Waals surface area contributed by atoms with Gasteiger partial charge in [0, 0.05) is 11.6 Å². The average molecular weight is 409 g/mol. The van der Waals surface area contributed by atoms with E-state index in [1.165, 1.54) is 14.2 Å². The third kappa shape index (κ3) is 3.55. The van der Waals surface area contributed by atoms with E-state index in [0.29, 0.717) is 33.5 Å². The first-order valence-corrected chi connectivity index (χ1v) is 9.90. The predicted octanol–water partition coefficient (Wildman–Crippen LogP) is 4.17. The van der Waals surface area contributed by atoms with Crippen molar-refractivity contribution in [2.45, 2.75) is 4.90 Å². The summed E-state index contributed by atoms with van der Waals surface area (Å²) in [5.41, 5.74) is 2.67. The Labute approximate surface area is 170 Å². The van der Waals surface area contributed by atoms with Crippen LogP contribution in [-0.2, 0) is 11.0 Å². The van der Waals surface area contributed by atoms with Gasteiger partial charge in [-0.3, -0.25) is 5.21 Å². The molecule has 7 nitrogen and oxygen atoms in total. The highest BCUT2D eigenvalue weighted by molar-refractivity contribution is 7.86. The van der Waals surface area contributed by atoms with Gasteiger partial charge in [0.2, 0.25) is 0 Å². The molecule has 0 radical (unpaired) electrons. The van der Waals surface area contributed by atoms with Crippen molar-refractivity contribution in [3.05, 3.63) is 66.7 Å². The molecule has 3 aromatic carbocycles. The fourth-order valence-electron chi connectivity index (χ4n) is 3.04. The molecule has 1 unspecified atom stereocenters. The molecule has 0 bridgehead atoms. The SMILES string of the molecule is COc1ccc(S(=O)N(O)c2ccccc2-c2nc3ccccc3[nH]2)cc1OC. The Kier molecular flexibility index (Phi) is 5.20. The third-order valence-corrected chi connectivity index (χ3v) is 5.64. The molecule has 0 saturated carbocycles. The minimum Gasteiger partial charge on any atom is -0.493 e. The zero-order chi connectivity index (χ0) is 20.4. The molecule has 2 N–H and O–H groups in total. The number of hydrogen-bond donors (Lipinski definition) is 2. The lowest BCUT2D eigenvalue weighted by Crippen LogP contribution is -2.22. The lowest BCUT2D eigenvalue weighted by Gasteiger charge is -2.19. The number of para-hydroxylation sites is 3. The number of methoxy groups -OCH3 is 2. The highest BCUT2D eigenvalue weighted by atomic mass is 32.2. The summed E-state index contributed by atoms with van der Waals surface area (Å²) in [4.78, 5) is 8.18. The standard InChI is InChI=1S/C21H19N3O4S/c1-27-19-12-11-14(13-20(19)28-2)29(26)24(25)18-10-6-3-7-15(18)21-22-16-8-4-5-9-17(16)23-21/h3-13,25H,1-2H3,(H,22,23). The van der Waals surface area contributed by atoms with Crippen LogP contribution >= 0.6 is 0 Å². The maximum atomic E-state index is 13.0. The molecule has 1 aromatic heterocycles. The van der Waals surface area contributed by atoms with Crippen LogP contribution in [0.3, 0.4) is 0 Å². The van der Waals surface area contributed by atoms with Crippen molar-refractivity contribution in [2.24, 2.45) is 0 Å². The highest BCUT2D eigenvalue weighted by Gasteiger charge is 2.21. The molecule has 29 heavy (non-hydrogen) atoms. The van der Waals surface area contributed by atoms with E-state index in [1.54, 1.807) is 30.3 Å². The highest BCUT2D eigenvalue weighted by Crippen LogP contribution is 2.33. The van der Waals surface area contributed by atoms with E-state index < -0.39 is 11.0 Å². The van der Waals surface area contributed by atoms with E-state index in [0.717, 1.165) is 15.5 Å². The zero-order valence-corrected chi connectivity index (χ0v) is 16.6. The molecule has 0 aliphatic heterocycles. The number of aromatic nitrogens is 2. The second-order valence-electron chi connectivity index (χ2n) is 6.16. The van der Waals surface area contributed by atoms with Gasteiger partial charge in [-0.25, -0.2) is 9.19 Å². The van der Waals surface area contributed by atoms with Crippen LogP contribution in [0.5, 0.6) is 11.5 Å². The molecule has 0 saturated heterocycles. The Morgan fingerprint density at radius 2 is 1.69 bits per heavy atom. The third-order valence-electron chi connectivity index (χ3n) is 4.47. The number of anilines is 1. The summed E-state index contributed by atoms with van der Waals surface area (Å²) < 4.78 is 24.2. The van der Waals surface area contributed by atoms with Crippen LogP contribution in [0.4, 0.5) is 5.69 Å². The summed E-state index contributed by atoms with van der Waals surface area (Å²) in [5, 5.41) is 10.8. The summed E-state index contributed by atoms with van der Waals surface area (Å²) >= 11 is 0. The lowest BCUT2D eigenvalue weighted by molar-refractivity contribution is 0.325. The van der Waals surface area contributed by atoms with Crippen molar-refractivity contribution >= 4 is 27.7 Å². The maximum absolute atomic E-state index is 13.0. The summed E-state index contributed by atoms with van der Waals surface area (Å²) in [7, 11) is 1.13. The Morgan fingerprint density at radius 1 is 0.966 bits per heavy atom. The molecule has 148 valence electrons. The van der Waals surface area contributed by atoms with E-state index in [4.69, 9.17) is 9.47 Å². The summed E-state index contributed by atoms with van der Waals surface area (Å²) in [6.45, 7) is 0. The van der Waals surface area contributed by atoms with Crippen molar-refractivity contribution in [1.82, 2.24) is 9.97 Å². The first-order valence-electron chi connectivity index (χ1n) is 8.79. The van der Waals surface area contributed by atoms with Crippen LogP contribution in [0.1, 0.15) is 0 Å². The number of ether oxygens (including phenoxy) is 2. The fraction of sp³-hybridized carbons (Fsp3) is 0.0952. The van der Waals surface area contributed by atoms with Crippen molar-refractivity contribution in [3.63, 3.8) is 0 Å². The largest absolute Gasteiger partial charge is 0.493 e. The lowest BCUT2D eigenvalue weighted by atomic mass is 10.2. The number of hydrogen-bond acceptors (Lipinski definition) is 5. The van der Waals surface area contributed by atoms with Crippen molar-refractivity contribution in [2.75, 3.05) is 18.7 Å². The normalized spacial score (nSPS) is 12.0. The van der Waals surface area contributed by atoms with E-state index in [1.807, 2.05) is 36.4 Å². The van der Waals surface area contributed by atoms with E-state index in [9.17, 15) is 9.42 Å². The molecule has 0 aliphatic carbocycles. The molecule has 0 aliphatic rings. The quantitative estimate of drug-likeness (QED) is 0.467. The fourth-order valence-corrected chi connectivity index (χ4v) is 3.97. The number of aromatic amines is 1. The first-order chi connectivity index (χ1) is 14.1. The molecular weight excluding hydrogens is 390 g/mol. The average Bonchev–Trinajstić information content (AvgIpc) is 3.21. The molecule has 4 rings (SSSR count). The minimum absolute atomic E-state index is 0.361. The number of benzene rings is 3. The van der Waals surface area contributed by atoms with Gasteiger partial charge in [-0.15, -0.1) is 0 Å². The molecule has 0 spiro atoms. The van der Waals surface area contributed by atoms with Crippen LogP contribution in [0.25, 0.3) is 22.4 Å².